The van der Waals surface area contributed by atoms with E-state index >= 15 is 0 Å². The molecule has 0 bridgehead atoms. The van der Waals surface area contributed by atoms with Crippen LogP contribution in [-0.4, -0.2) is 0 Å². The van der Waals surface area contributed by atoms with E-state index in [1.54, 1.807) is 0 Å². The lowest BCUT2D eigenvalue weighted by Crippen LogP contribution is -1.80. The molecule has 0 aromatic carbocycles. The Morgan fingerprint density at radius 3 is 2.06 bits per heavy atom. The molecule has 0 spiro atoms. The zero-order valence-electron chi connectivity index (χ0n) is 11.5. The van der Waals surface area contributed by atoms with Crippen LogP contribution in [0, 0.1) is 6.08 Å². The van der Waals surface area contributed by atoms with E-state index in [0.717, 1.165) is 0 Å². The summed E-state index contributed by atoms with van der Waals surface area (Å²) in [4.78, 5) is 0. The summed E-state index contributed by atoms with van der Waals surface area (Å²) in [6.45, 7) is 6.34. The zero-order valence-corrected chi connectivity index (χ0v) is 11.5. The molecule has 0 unspecified atom stereocenters. The first-order valence-electron chi connectivity index (χ1n) is 6.99. The molecule has 0 heterocycles. The van der Waals surface area contributed by atoms with Crippen molar-refractivity contribution < 1.29 is 0 Å². The van der Waals surface area contributed by atoms with Crippen LogP contribution in [0.3, 0.4) is 0 Å². The molecule has 0 aromatic heterocycles. The average Bonchev–Trinajstić information content (AvgIpc) is 2.31. The van der Waals surface area contributed by atoms with Crippen LogP contribution in [0.2, 0.25) is 0 Å². The maximum absolute atomic E-state index is 3.13. The minimum absolute atomic E-state index is 1.23. The Labute approximate surface area is 103 Å². The lowest BCUT2D eigenvalue weighted by molar-refractivity contribution is 0.577. The quantitative estimate of drug-likeness (QED) is 0.321. The van der Waals surface area contributed by atoms with Crippen molar-refractivity contribution in [2.24, 2.45) is 0 Å². The van der Waals surface area contributed by atoms with Crippen LogP contribution in [0.5, 0.6) is 0 Å². The molecule has 0 atom stereocenters. The molecule has 93 valence electrons. The third-order valence-corrected chi connectivity index (χ3v) is 2.99. The van der Waals surface area contributed by atoms with Gasteiger partial charge in [-0.2, -0.15) is 0 Å². The summed E-state index contributed by atoms with van der Waals surface area (Å²) in [7, 11) is 0. The van der Waals surface area contributed by atoms with Crippen molar-refractivity contribution in [3.8, 4) is 0 Å². The van der Waals surface area contributed by atoms with E-state index in [1.807, 2.05) is 6.92 Å². The zero-order chi connectivity index (χ0) is 12.1. The van der Waals surface area contributed by atoms with Gasteiger partial charge in [0.1, 0.15) is 0 Å². The van der Waals surface area contributed by atoms with Crippen LogP contribution in [-0.2, 0) is 0 Å². The molecule has 0 heteroatoms. The average molecular weight is 221 g/mol. The summed E-state index contributed by atoms with van der Waals surface area (Å²) >= 11 is 0. The van der Waals surface area contributed by atoms with Gasteiger partial charge in [-0.3, -0.25) is 0 Å². The number of rotatable bonds is 10. The van der Waals surface area contributed by atoms with E-state index in [2.05, 4.69) is 32.1 Å². The second-order valence-electron chi connectivity index (χ2n) is 4.60. The van der Waals surface area contributed by atoms with Gasteiger partial charge in [-0.05, 0) is 38.3 Å². The van der Waals surface area contributed by atoms with E-state index in [1.165, 1.54) is 63.4 Å². The lowest BCUT2D eigenvalue weighted by atomic mass is 10.1. The minimum Gasteiger partial charge on any atom is -0.0843 e. The third-order valence-electron chi connectivity index (χ3n) is 2.99. The molecule has 0 rings (SSSR count). The maximum atomic E-state index is 3.13. The van der Waals surface area contributed by atoms with Crippen LogP contribution < -0.4 is 0 Å². The van der Waals surface area contributed by atoms with Crippen molar-refractivity contribution in [2.75, 3.05) is 0 Å². The van der Waals surface area contributed by atoms with Crippen LogP contribution in [0.15, 0.2) is 17.7 Å². The highest BCUT2D eigenvalue weighted by atomic mass is 14.0. The van der Waals surface area contributed by atoms with Crippen molar-refractivity contribution >= 4 is 0 Å². The highest BCUT2D eigenvalue weighted by molar-refractivity contribution is 5.11. The second-order valence-corrected chi connectivity index (χ2v) is 4.60. The van der Waals surface area contributed by atoms with E-state index in [9.17, 15) is 0 Å². The van der Waals surface area contributed by atoms with Crippen LogP contribution >= 0.6 is 0 Å². The van der Waals surface area contributed by atoms with Gasteiger partial charge in [0.25, 0.3) is 0 Å². The fourth-order valence-electron chi connectivity index (χ4n) is 1.74. The molecule has 0 fully saturated rings. The molecule has 0 aliphatic rings. The molecular formula is C16H29. The van der Waals surface area contributed by atoms with Gasteiger partial charge in [-0.25, -0.2) is 0 Å². The molecule has 0 aromatic rings. The Morgan fingerprint density at radius 2 is 1.50 bits per heavy atom. The Balaban J connectivity index is 3.13. The summed E-state index contributed by atoms with van der Waals surface area (Å²) in [5.41, 5.74) is 1.25. The van der Waals surface area contributed by atoms with Crippen molar-refractivity contribution in [1.29, 1.82) is 0 Å². The smallest absolute Gasteiger partial charge is 0.0348 e. The highest BCUT2D eigenvalue weighted by Gasteiger charge is 1.90. The lowest BCUT2D eigenvalue weighted by Gasteiger charge is -1.99. The van der Waals surface area contributed by atoms with Gasteiger partial charge in [0, 0.05) is 0 Å². The van der Waals surface area contributed by atoms with Gasteiger partial charge in [0.05, 0.1) is 0 Å². The number of allylic oxidation sites excluding steroid dienone is 4. The first-order valence-corrected chi connectivity index (χ1v) is 6.99. The van der Waals surface area contributed by atoms with E-state index in [4.69, 9.17) is 0 Å². The summed E-state index contributed by atoms with van der Waals surface area (Å²) in [6.07, 6.45) is 20.1. The molecule has 1 radical (unpaired) electrons. The highest BCUT2D eigenvalue weighted by Crippen LogP contribution is 2.10. The molecule has 0 saturated heterocycles. The van der Waals surface area contributed by atoms with Crippen molar-refractivity contribution in [3.63, 3.8) is 0 Å². The van der Waals surface area contributed by atoms with Gasteiger partial charge >= 0.3 is 0 Å². The monoisotopic (exact) mass is 221 g/mol. The molecule has 0 saturated carbocycles. The number of unbranched alkanes of at least 4 members (excludes halogenated alkanes) is 8. The Hall–Kier alpha value is -0.520. The molecule has 0 amide bonds. The summed E-state index contributed by atoms with van der Waals surface area (Å²) in [6, 6.07) is 0. The summed E-state index contributed by atoms with van der Waals surface area (Å²) < 4.78 is 0. The Kier molecular flexibility index (Phi) is 12.1. The predicted octanol–water partition coefficient (Wildman–Crippen LogP) is 5.84. The normalized spacial score (nSPS) is 12.6. The SMILES string of the molecule is C/[C]=C(\C)C=CCCCCCCCCCC. The number of hydrogen-bond donors (Lipinski definition) is 0. The van der Waals surface area contributed by atoms with Crippen molar-refractivity contribution in [1.82, 2.24) is 0 Å². The fraction of sp³-hybridized carbons (Fsp3) is 0.750. The van der Waals surface area contributed by atoms with E-state index in [-0.39, 0.29) is 0 Å². The molecule has 0 N–H and O–H groups in total. The molecule has 16 heavy (non-hydrogen) atoms. The van der Waals surface area contributed by atoms with Crippen molar-refractivity contribution in [3.05, 3.63) is 23.8 Å². The predicted molar refractivity (Wildman–Crippen MR) is 74.5 cm³/mol. The van der Waals surface area contributed by atoms with E-state index in [0.29, 0.717) is 0 Å². The van der Waals surface area contributed by atoms with Crippen LogP contribution in [0.1, 0.15) is 78.6 Å². The first kappa shape index (κ1) is 15.5. The van der Waals surface area contributed by atoms with E-state index < -0.39 is 0 Å². The van der Waals surface area contributed by atoms with Gasteiger partial charge in [0.2, 0.25) is 0 Å². The number of hydrogen-bond acceptors (Lipinski definition) is 0. The van der Waals surface area contributed by atoms with Crippen LogP contribution in [0.4, 0.5) is 0 Å². The Bertz CT molecular complexity index is 186. The molecular weight excluding hydrogens is 192 g/mol. The minimum atomic E-state index is 1.23. The fourth-order valence-corrected chi connectivity index (χ4v) is 1.74. The van der Waals surface area contributed by atoms with Gasteiger partial charge in [0.15, 0.2) is 0 Å². The third kappa shape index (κ3) is 11.6. The molecule has 0 nitrogen and oxygen atoms in total. The molecule has 0 aliphatic heterocycles. The molecule has 0 aliphatic carbocycles. The summed E-state index contributed by atoms with van der Waals surface area (Å²) in [5.74, 6) is 0. The maximum Gasteiger partial charge on any atom is -0.0348 e. The van der Waals surface area contributed by atoms with Crippen LogP contribution in [0.25, 0.3) is 0 Å². The largest absolute Gasteiger partial charge is 0.0843 e. The van der Waals surface area contributed by atoms with Gasteiger partial charge < -0.3 is 0 Å². The second kappa shape index (κ2) is 12.5. The standard InChI is InChI=1S/C16H29/c1-4-6-7-8-9-10-11-12-13-14-15-16(3)5-2/h14-15H,4,6-13H2,1-3H3. The van der Waals surface area contributed by atoms with Crippen molar-refractivity contribution in [2.45, 2.75) is 78.6 Å². The topological polar surface area (TPSA) is 0 Å². The van der Waals surface area contributed by atoms with Gasteiger partial charge in [-0.1, -0.05) is 64.0 Å². The van der Waals surface area contributed by atoms with Gasteiger partial charge in [-0.15, -0.1) is 0 Å². The first-order chi connectivity index (χ1) is 7.81. The summed E-state index contributed by atoms with van der Waals surface area (Å²) in [5, 5.41) is 0. The Morgan fingerprint density at radius 1 is 0.938 bits per heavy atom.